The van der Waals surface area contributed by atoms with Gasteiger partial charge in [0.25, 0.3) is 0 Å². The predicted molar refractivity (Wildman–Crippen MR) is 70.6 cm³/mol. The molecular weight excluding hydrogens is 299 g/mol. The predicted octanol–water partition coefficient (Wildman–Crippen LogP) is 2.22. The van der Waals surface area contributed by atoms with Gasteiger partial charge in [-0.3, -0.25) is 4.68 Å². The van der Waals surface area contributed by atoms with Gasteiger partial charge in [0.15, 0.2) is 0 Å². The molecular formula is C12H14BrFN4. The topological polar surface area (TPSA) is 42.7 Å². The highest BCUT2D eigenvalue weighted by Gasteiger charge is 2.14. The number of aryl methyl sites for hydroxylation is 1. The van der Waals surface area contributed by atoms with Crippen molar-refractivity contribution in [1.29, 1.82) is 0 Å². The van der Waals surface area contributed by atoms with Crippen molar-refractivity contribution in [2.45, 2.75) is 12.5 Å². The average molecular weight is 313 g/mol. The van der Waals surface area contributed by atoms with Crippen LogP contribution in [0.4, 0.5) is 4.39 Å². The van der Waals surface area contributed by atoms with Crippen LogP contribution < -0.4 is 5.32 Å². The monoisotopic (exact) mass is 312 g/mol. The SMILES string of the molecule is CNC(Cc1ncnn1C)c1cc(F)cc(Br)c1. The first-order valence-corrected chi connectivity index (χ1v) is 6.35. The van der Waals surface area contributed by atoms with Crippen molar-refractivity contribution in [2.24, 2.45) is 7.05 Å². The lowest BCUT2D eigenvalue weighted by Crippen LogP contribution is -2.20. The number of hydrogen-bond acceptors (Lipinski definition) is 3. The van der Waals surface area contributed by atoms with Crippen molar-refractivity contribution < 1.29 is 4.39 Å². The molecule has 6 heteroatoms. The van der Waals surface area contributed by atoms with Crippen LogP contribution in [0.2, 0.25) is 0 Å². The maximum Gasteiger partial charge on any atom is 0.138 e. The van der Waals surface area contributed by atoms with E-state index in [1.165, 1.54) is 18.5 Å². The molecule has 1 heterocycles. The molecule has 1 aromatic heterocycles. The summed E-state index contributed by atoms with van der Waals surface area (Å²) in [5.41, 5.74) is 0.882. The lowest BCUT2D eigenvalue weighted by Gasteiger charge is -2.16. The van der Waals surface area contributed by atoms with Crippen LogP contribution in [0.25, 0.3) is 0 Å². The van der Waals surface area contributed by atoms with E-state index in [1.54, 1.807) is 4.68 Å². The molecule has 0 aliphatic heterocycles. The van der Waals surface area contributed by atoms with E-state index in [1.807, 2.05) is 20.2 Å². The van der Waals surface area contributed by atoms with Gasteiger partial charge in [-0.1, -0.05) is 15.9 Å². The highest BCUT2D eigenvalue weighted by molar-refractivity contribution is 9.10. The zero-order chi connectivity index (χ0) is 13.1. The molecule has 0 saturated heterocycles. The molecule has 0 bridgehead atoms. The van der Waals surface area contributed by atoms with Gasteiger partial charge in [-0.2, -0.15) is 5.10 Å². The fraction of sp³-hybridized carbons (Fsp3) is 0.333. The molecule has 0 spiro atoms. The van der Waals surface area contributed by atoms with Crippen LogP contribution in [-0.4, -0.2) is 21.8 Å². The first kappa shape index (κ1) is 13.2. The molecule has 1 atom stereocenters. The third-order valence-electron chi connectivity index (χ3n) is 2.83. The van der Waals surface area contributed by atoms with E-state index in [9.17, 15) is 4.39 Å². The molecule has 1 aromatic carbocycles. The molecule has 0 aliphatic carbocycles. The standard InChI is InChI=1S/C12H14BrFN4/c1-15-11(6-12-16-7-17-18(12)2)8-3-9(13)5-10(14)4-8/h3-5,7,11,15H,6H2,1-2H3. The van der Waals surface area contributed by atoms with E-state index in [0.717, 1.165) is 15.9 Å². The molecule has 1 unspecified atom stereocenters. The molecule has 0 saturated carbocycles. The Balaban J connectivity index is 2.25. The van der Waals surface area contributed by atoms with Crippen LogP contribution in [0.3, 0.4) is 0 Å². The van der Waals surface area contributed by atoms with Crippen LogP contribution in [0.1, 0.15) is 17.4 Å². The Hall–Kier alpha value is -1.27. The molecule has 2 rings (SSSR count). The number of hydrogen-bond donors (Lipinski definition) is 1. The summed E-state index contributed by atoms with van der Waals surface area (Å²) in [5, 5.41) is 7.20. The number of benzene rings is 1. The minimum atomic E-state index is -0.252. The van der Waals surface area contributed by atoms with Gasteiger partial charge in [-0.05, 0) is 30.8 Å². The van der Waals surface area contributed by atoms with Crippen molar-refractivity contribution in [3.05, 3.63) is 46.2 Å². The second-order valence-electron chi connectivity index (χ2n) is 4.05. The van der Waals surface area contributed by atoms with Gasteiger partial charge in [-0.25, -0.2) is 9.37 Å². The molecule has 96 valence electrons. The van der Waals surface area contributed by atoms with Crippen LogP contribution in [0, 0.1) is 5.82 Å². The Morgan fingerprint density at radius 1 is 1.44 bits per heavy atom. The first-order chi connectivity index (χ1) is 8.60. The molecule has 18 heavy (non-hydrogen) atoms. The van der Waals surface area contributed by atoms with Gasteiger partial charge < -0.3 is 5.32 Å². The molecule has 1 N–H and O–H groups in total. The Morgan fingerprint density at radius 2 is 2.22 bits per heavy atom. The number of halogens is 2. The first-order valence-electron chi connectivity index (χ1n) is 5.56. The third kappa shape index (κ3) is 2.94. The summed E-state index contributed by atoms with van der Waals surface area (Å²) >= 11 is 3.30. The number of likely N-dealkylation sites (N-methyl/N-ethyl adjacent to an activating group) is 1. The molecule has 0 amide bonds. The number of nitrogens with one attached hydrogen (secondary N) is 1. The summed E-state index contributed by atoms with van der Waals surface area (Å²) in [7, 11) is 3.69. The molecule has 0 fully saturated rings. The lowest BCUT2D eigenvalue weighted by molar-refractivity contribution is 0.546. The van der Waals surface area contributed by atoms with Gasteiger partial charge in [-0.15, -0.1) is 0 Å². The number of rotatable bonds is 4. The van der Waals surface area contributed by atoms with Crippen molar-refractivity contribution in [3.63, 3.8) is 0 Å². The quantitative estimate of drug-likeness (QED) is 0.941. The fourth-order valence-corrected chi connectivity index (χ4v) is 2.33. The van der Waals surface area contributed by atoms with Crippen LogP contribution in [0.5, 0.6) is 0 Å². The zero-order valence-electron chi connectivity index (χ0n) is 10.2. The second kappa shape index (κ2) is 5.58. The summed E-state index contributed by atoms with van der Waals surface area (Å²) in [6.07, 6.45) is 2.17. The minimum absolute atomic E-state index is 0.0000926. The van der Waals surface area contributed by atoms with Gasteiger partial charge >= 0.3 is 0 Å². The summed E-state index contributed by atoms with van der Waals surface area (Å²) < 4.78 is 15.8. The summed E-state index contributed by atoms with van der Waals surface area (Å²) in [6, 6.07) is 4.88. The van der Waals surface area contributed by atoms with E-state index in [0.29, 0.717) is 6.42 Å². The van der Waals surface area contributed by atoms with Crippen molar-refractivity contribution in [2.75, 3.05) is 7.05 Å². The van der Waals surface area contributed by atoms with E-state index < -0.39 is 0 Å². The number of nitrogens with zero attached hydrogens (tertiary/aromatic N) is 3. The minimum Gasteiger partial charge on any atom is -0.313 e. The van der Waals surface area contributed by atoms with Gasteiger partial charge in [0.05, 0.1) is 0 Å². The van der Waals surface area contributed by atoms with Crippen LogP contribution in [-0.2, 0) is 13.5 Å². The van der Waals surface area contributed by atoms with Gasteiger partial charge in [0.2, 0.25) is 0 Å². The summed E-state index contributed by atoms with van der Waals surface area (Å²) in [6.45, 7) is 0. The highest BCUT2D eigenvalue weighted by atomic mass is 79.9. The van der Waals surface area contributed by atoms with Crippen molar-refractivity contribution >= 4 is 15.9 Å². The summed E-state index contributed by atoms with van der Waals surface area (Å²) in [5.74, 6) is 0.604. The molecule has 2 aromatic rings. The van der Waals surface area contributed by atoms with E-state index in [2.05, 4.69) is 31.3 Å². The number of aromatic nitrogens is 3. The Kier molecular flexibility index (Phi) is 4.08. The van der Waals surface area contributed by atoms with Gasteiger partial charge in [0.1, 0.15) is 18.0 Å². The highest BCUT2D eigenvalue weighted by Crippen LogP contribution is 2.22. The largest absolute Gasteiger partial charge is 0.313 e. The normalized spacial score (nSPS) is 12.7. The fourth-order valence-electron chi connectivity index (χ4n) is 1.85. The van der Waals surface area contributed by atoms with Crippen molar-refractivity contribution in [3.8, 4) is 0 Å². The third-order valence-corrected chi connectivity index (χ3v) is 3.29. The van der Waals surface area contributed by atoms with Crippen LogP contribution in [0.15, 0.2) is 29.0 Å². The Bertz CT molecular complexity index is 520. The molecule has 0 radical (unpaired) electrons. The lowest BCUT2D eigenvalue weighted by atomic mass is 10.0. The van der Waals surface area contributed by atoms with E-state index in [4.69, 9.17) is 0 Å². The maximum atomic E-state index is 13.4. The second-order valence-corrected chi connectivity index (χ2v) is 4.96. The molecule has 0 aliphatic rings. The van der Waals surface area contributed by atoms with E-state index >= 15 is 0 Å². The summed E-state index contributed by atoms with van der Waals surface area (Å²) in [4.78, 5) is 4.18. The van der Waals surface area contributed by atoms with E-state index in [-0.39, 0.29) is 11.9 Å². The Morgan fingerprint density at radius 3 is 2.78 bits per heavy atom. The van der Waals surface area contributed by atoms with Gasteiger partial charge in [0, 0.05) is 24.0 Å². The smallest absolute Gasteiger partial charge is 0.138 e. The van der Waals surface area contributed by atoms with Crippen molar-refractivity contribution in [1.82, 2.24) is 20.1 Å². The zero-order valence-corrected chi connectivity index (χ0v) is 11.8. The average Bonchev–Trinajstić information content (AvgIpc) is 2.70. The molecule has 4 nitrogen and oxygen atoms in total. The maximum absolute atomic E-state index is 13.4. The van der Waals surface area contributed by atoms with Crippen LogP contribution >= 0.6 is 15.9 Å². The Labute approximate surface area is 113 Å².